The van der Waals surface area contributed by atoms with Crippen molar-refractivity contribution < 1.29 is 9.18 Å². The highest BCUT2D eigenvalue weighted by molar-refractivity contribution is 5.94. The van der Waals surface area contributed by atoms with Crippen LogP contribution in [-0.2, 0) is 0 Å². The molecule has 1 aromatic rings. The van der Waals surface area contributed by atoms with Gasteiger partial charge in [-0.2, -0.15) is 0 Å². The summed E-state index contributed by atoms with van der Waals surface area (Å²) in [5.41, 5.74) is 0.950. The predicted octanol–water partition coefficient (Wildman–Crippen LogP) is 4.16. The average Bonchev–Trinajstić information content (AvgIpc) is 2.60. The van der Waals surface area contributed by atoms with Crippen molar-refractivity contribution in [2.24, 2.45) is 0 Å². The molecule has 0 saturated heterocycles. The molecule has 1 N–H and O–H groups in total. The topological polar surface area (TPSA) is 29.1 Å². The van der Waals surface area contributed by atoms with Crippen molar-refractivity contribution in [2.45, 2.75) is 51.5 Å². The van der Waals surface area contributed by atoms with Gasteiger partial charge < -0.3 is 5.32 Å². The first-order valence-electron chi connectivity index (χ1n) is 6.74. The van der Waals surface area contributed by atoms with E-state index in [0.29, 0.717) is 17.3 Å². The quantitative estimate of drug-likeness (QED) is 0.643. The molecule has 0 bridgehead atoms. The molecule has 1 fully saturated rings. The SMILES string of the molecule is CC(=O)c1ccc(NC2CCCCCC2)c(F)c1. The Bertz CT molecular complexity index is 423. The van der Waals surface area contributed by atoms with Gasteiger partial charge >= 0.3 is 0 Å². The lowest BCUT2D eigenvalue weighted by Crippen LogP contribution is -2.19. The summed E-state index contributed by atoms with van der Waals surface area (Å²) in [6.07, 6.45) is 7.20. The van der Waals surface area contributed by atoms with Crippen LogP contribution in [0.15, 0.2) is 18.2 Å². The molecule has 1 aliphatic rings. The summed E-state index contributed by atoms with van der Waals surface area (Å²) in [4.78, 5) is 11.2. The Kier molecular flexibility index (Phi) is 4.34. The maximum Gasteiger partial charge on any atom is 0.159 e. The molecule has 0 amide bonds. The molecule has 0 aliphatic heterocycles. The number of nitrogens with one attached hydrogen (secondary N) is 1. The summed E-state index contributed by atoms with van der Waals surface area (Å²) in [6.45, 7) is 1.45. The Morgan fingerprint density at radius 1 is 1.22 bits per heavy atom. The molecule has 98 valence electrons. The second-order valence-electron chi connectivity index (χ2n) is 5.08. The summed E-state index contributed by atoms with van der Waals surface area (Å²) >= 11 is 0. The molecule has 0 atom stereocenters. The van der Waals surface area contributed by atoms with Crippen molar-refractivity contribution in [3.8, 4) is 0 Å². The third kappa shape index (κ3) is 3.31. The standard InChI is InChI=1S/C15H20FNO/c1-11(18)12-8-9-15(14(16)10-12)17-13-6-4-2-3-5-7-13/h8-10,13,17H,2-7H2,1H3. The van der Waals surface area contributed by atoms with Gasteiger partial charge in [0.2, 0.25) is 0 Å². The second-order valence-corrected chi connectivity index (χ2v) is 5.08. The first kappa shape index (κ1) is 13.1. The minimum atomic E-state index is -0.327. The maximum atomic E-state index is 13.9. The normalized spacial score (nSPS) is 17.2. The number of anilines is 1. The van der Waals surface area contributed by atoms with Crippen LogP contribution >= 0.6 is 0 Å². The van der Waals surface area contributed by atoms with Crippen molar-refractivity contribution in [2.75, 3.05) is 5.32 Å². The fourth-order valence-corrected chi connectivity index (χ4v) is 2.49. The smallest absolute Gasteiger partial charge is 0.159 e. The largest absolute Gasteiger partial charge is 0.380 e. The lowest BCUT2D eigenvalue weighted by atomic mass is 10.1. The van der Waals surface area contributed by atoms with Crippen LogP contribution in [0.25, 0.3) is 0 Å². The number of benzene rings is 1. The van der Waals surface area contributed by atoms with Gasteiger partial charge in [0.25, 0.3) is 0 Å². The van der Waals surface area contributed by atoms with E-state index in [0.717, 1.165) is 12.8 Å². The Hall–Kier alpha value is -1.38. The highest BCUT2D eigenvalue weighted by atomic mass is 19.1. The van der Waals surface area contributed by atoms with E-state index in [1.807, 2.05) is 0 Å². The van der Waals surface area contributed by atoms with E-state index in [4.69, 9.17) is 0 Å². The van der Waals surface area contributed by atoms with E-state index in [-0.39, 0.29) is 11.6 Å². The molecule has 0 heterocycles. The maximum absolute atomic E-state index is 13.9. The summed E-state index contributed by atoms with van der Waals surface area (Å²) in [5, 5.41) is 3.27. The zero-order valence-electron chi connectivity index (χ0n) is 10.8. The molecule has 3 heteroatoms. The van der Waals surface area contributed by atoms with Crippen molar-refractivity contribution >= 4 is 11.5 Å². The molecule has 0 spiro atoms. The van der Waals surface area contributed by atoms with E-state index < -0.39 is 0 Å². The highest BCUT2D eigenvalue weighted by Crippen LogP contribution is 2.23. The second kappa shape index (κ2) is 5.98. The first-order valence-corrected chi connectivity index (χ1v) is 6.74. The number of ketones is 1. The van der Waals surface area contributed by atoms with Gasteiger partial charge in [-0.05, 0) is 38.0 Å². The molecular formula is C15H20FNO. The Labute approximate surface area is 108 Å². The summed E-state index contributed by atoms with van der Waals surface area (Å²) in [6, 6.07) is 5.05. The number of hydrogen-bond donors (Lipinski definition) is 1. The lowest BCUT2D eigenvalue weighted by Gasteiger charge is -2.18. The molecule has 1 saturated carbocycles. The van der Waals surface area contributed by atoms with Gasteiger partial charge in [-0.1, -0.05) is 25.7 Å². The van der Waals surface area contributed by atoms with E-state index in [1.165, 1.54) is 38.7 Å². The monoisotopic (exact) mass is 249 g/mol. The van der Waals surface area contributed by atoms with Gasteiger partial charge in [0.1, 0.15) is 5.82 Å². The Morgan fingerprint density at radius 3 is 2.44 bits per heavy atom. The molecule has 0 radical (unpaired) electrons. The zero-order valence-corrected chi connectivity index (χ0v) is 10.8. The summed E-state index contributed by atoms with van der Waals surface area (Å²) in [5.74, 6) is -0.429. The van der Waals surface area contributed by atoms with Crippen molar-refractivity contribution in [1.82, 2.24) is 0 Å². The van der Waals surface area contributed by atoms with Crippen LogP contribution in [0, 0.1) is 5.82 Å². The fraction of sp³-hybridized carbons (Fsp3) is 0.533. The molecule has 0 aromatic heterocycles. The molecule has 2 rings (SSSR count). The number of carbonyl (C=O) groups is 1. The first-order chi connectivity index (χ1) is 8.66. The van der Waals surface area contributed by atoms with Crippen LogP contribution in [0.1, 0.15) is 55.8 Å². The molecule has 1 aromatic carbocycles. The summed E-state index contributed by atoms with van der Waals surface area (Å²) < 4.78 is 13.9. The van der Waals surface area contributed by atoms with E-state index >= 15 is 0 Å². The van der Waals surface area contributed by atoms with Crippen LogP contribution in [0.4, 0.5) is 10.1 Å². The number of rotatable bonds is 3. The average molecular weight is 249 g/mol. The third-order valence-corrected chi connectivity index (χ3v) is 3.59. The van der Waals surface area contributed by atoms with Crippen molar-refractivity contribution in [1.29, 1.82) is 0 Å². The molecule has 0 unspecified atom stereocenters. The van der Waals surface area contributed by atoms with Crippen LogP contribution in [-0.4, -0.2) is 11.8 Å². The third-order valence-electron chi connectivity index (χ3n) is 3.59. The van der Waals surface area contributed by atoms with Gasteiger partial charge in [0, 0.05) is 11.6 Å². The minimum Gasteiger partial charge on any atom is -0.380 e. The number of Topliss-reactive ketones (excluding diaryl/α,β-unsaturated/α-hetero) is 1. The van der Waals surface area contributed by atoms with Gasteiger partial charge in [-0.3, -0.25) is 4.79 Å². The molecule has 18 heavy (non-hydrogen) atoms. The number of hydrogen-bond acceptors (Lipinski definition) is 2. The van der Waals surface area contributed by atoms with E-state index in [9.17, 15) is 9.18 Å². The molecular weight excluding hydrogens is 229 g/mol. The summed E-state index contributed by atoms with van der Waals surface area (Å²) in [7, 11) is 0. The molecule has 2 nitrogen and oxygen atoms in total. The highest BCUT2D eigenvalue weighted by Gasteiger charge is 2.14. The van der Waals surface area contributed by atoms with E-state index in [1.54, 1.807) is 12.1 Å². The number of carbonyl (C=O) groups excluding carboxylic acids is 1. The van der Waals surface area contributed by atoms with Crippen molar-refractivity contribution in [3.63, 3.8) is 0 Å². The fourth-order valence-electron chi connectivity index (χ4n) is 2.49. The number of halogens is 1. The minimum absolute atomic E-state index is 0.102. The Balaban J connectivity index is 2.06. The van der Waals surface area contributed by atoms with Crippen molar-refractivity contribution in [3.05, 3.63) is 29.6 Å². The van der Waals surface area contributed by atoms with Crippen LogP contribution in [0.2, 0.25) is 0 Å². The van der Waals surface area contributed by atoms with Gasteiger partial charge in [0.15, 0.2) is 5.78 Å². The predicted molar refractivity (Wildman–Crippen MR) is 71.5 cm³/mol. The van der Waals surface area contributed by atoms with Crippen LogP contribution in [0.3, 0.4) is 0 Å². The van der Waals surface area contributed by atoms with Crippen LogP contribution < -0.4 is 5.32 Å². The Morgan fingerprint density at radius 2 is 1.89 bits per heavy atom. The van der Waals surface area contributed by atoms with Gasteiger partial charge in [-0.15, -0.1) is 0 Å². The van der Waals surface area contributed by atoms with Gasteiger partial charge in [0.05, 0.1) is 5.69 Å². The lowest BCUT2D eigenvalue weighted by molar-refractivity contribution is 0.101. The van der Waals surface area contributed by atoms with Gasteiger partial charge in [-0.25, -0.2) is 4.39 Å². The zero-order chi connectivity index (χ0) is 13.0. The van der Waals surface area contributed by atoms with Crippen LogP contribution in [0.5, 0.6) is 0 Å². The van der Waals surface area contributed by atoms with E-state index in [2.05, 4.69) is 5.32 Å². The molecule has 1 aliphatic carbocycles.